The number of rotatable bonds is 11. The summed E-state index contributed by atoms with van der Waals surface area (Å²) < 4.78 is 38.8. The first-order valence-electron chi connectivity index (χ1n) is 13.4. The zero-order chi connectivity index (χ0) is 29.2. The fourth-order valence-electron chi connectivity index (χ4n) is 4.60. The summed E-state index contributed by atoms with van der Waals surface area (Å²) in [5, 5.41) is 9.41. The highest BCUT2D eigenvalue weighted by atomic mass is 35.5. The van der Waals surface area contributed by atoms with E-state index in [0.717, 1.165) is 35.8 Å². The largest absolute Gasteiger partial charge is 0.489 e. The van der Waals surface area contributed by atoms with Crippen LogP contribution < -0.4 is 13.9 Å². The van der Waals surface area contributed by atoms with E-state index in [-0.39, 0.29) is 24.3 Å². The van der Waals surface area contributed by atoms with Crippen molar-refractivity contribution in [3.63, 3.8) is 0 Å². The van der Waals surface area contributed by atoms with Crippen LogP contribution in [0.4, 0.5) is 11.4 Å². The predicted molar refractivity (Wildman–Crippen MR) is 162 cm³/mol. The maximum Gasteiger partial charge on any atom is 0.323 e. The van der Waals surface area contributed by atoms with Gasteiger partial charge in [-0.05, 0) is 55.0 Å². The van der Waals surface area contributed by atoms with E-state index in [2.05, 4.69) is 23.1 Å². The molecule has 10 heteroatoms. The number of nitrogens with zero attached hydrogens (tertiary/aromatic N) is 3. The third-order valence-corrected chi connectivity index (χ3v) is 8.53. The molecule has 4 rings (SSSR count). The Kier molecular flexibility index (Phi) is 10.3. The van der Waals surface area contributed by atoms with Gasteiger partial charge < -0.3 is 14.4 Å². The smallest absolute Gasteiger partial charge is 0.323 e. The number of benzene rings is 3. The molecule has 0 bridgehead atoms. The van der Waals surface area contributed by atoms with Crippen LogP contribution in [0.25, 0.3) is 6.08 Å². The second-order valence-electron chi connectivity index (χ2n) is 9.49. The molecule has 1 aliphatic rings. The molecule has 41 heavy (non-hydrogen) atoms. The number of carbonyl (C=O) groups excluding carboxylic acids is 1. The van der Waals surface area contributed by atoms with Gasteiger partial charge in [-0.1, -0.05) is 54.1 Å². The number of hydrogen-bond donors (Lipinski definition) is 0. The lowest BCUT2D eigenvalue weighted by Crippen LogP contribution is -2.38. The lowest BCUT2D eigenvalue weighted by molar-refractivity contribution is -0.139. The second-order valence-corrected chi connectivity index (χ2v) is 11.8. The first-order chi connectivity index (χ1) is 19.8. The van der Waals surface area contributed by atoms with E-state index in [1.165, 1.54) is 11.8 Å². The molecule has 0 atom stereocenters. The SMILES string of the molecule is CCOC(=O)CS(=O)(=O)N(C/C=C/c1cccc(C#N)c1)c1ccc(OC2CCN(c3ccccc3)CC2)c(Cl)c1. The average molecular weight is 594 g/mol. The molecule has 1 aliphatic heterocycles. The number of anilines is 2. The van der Waals surface area contributed by atoms with E-state index in [0.29, 0.717) is 17.0 Å². The van der Waals surface area contributed by atoms with Gasteiger partial charge in [0, 0.05) is 31.6 Å². The minimum absolute atomic E-state index is 0.0194. The summed E-state index contributed by atoms with van der Waals surface area (Å²) in [6, 6.07) is 24.1. The Hall–Kier alpha value is -4.00. The summed E-state index contributed by atoms with van der Waals surface area (Å²) in [4.78, 5) is 14.4. The summed E-state index contributed by atoms with van der Waals surface area (Å²) in [5.74, 6) is -1.18. The van der Waals surface area contributed by atoms with Crippen molar-refractivity contribution in [2.75, 3.05) is 41.2 Å². The Balaban J connectivity index is 1.49. The lowest BCUT2D eigenvalue weighted by Gasteiger charge is -2.34. The number of para-hydroxylation sites is 1. The molecular weight excluding hydrogens is 562 g/mol. The molecule has 0 aliphatic carbocycles. The second kappa shape index (κ2) is 14.1. The summed E-state index contributed by atoms with van der Waals surface area (Å²) in [6.07, 6.45) is 5.00. The highest BCUT2D eigenvalue weighted by Crippen LogP contribution is 2.33. The van der Waals surface area contributed by atoms with Gasteiger partial charge >= 0.3 is 5.97 Å². The van der Waals surface area contributed by atoms with Crippen LogP contribution >= 0.6 is 11.6 Å². The third-order valence-electron chi connectivity index (χ3n) is 6.60. The van der Waals surface area contributed by atoms with Crippen LogP contribution in [0.1, 0.15) is 30.9 Å². The van der Waals surface area contributed by atoms with Gasteiger partial charge in [0.15, 0.2) is 5.75 Å². The number of nitriles is 1. The first-order valence-corrected chi connectivity index (χ1v) is 15.4. The number of sulfonamides is 1. The monoisotopic (exact) mass is 593 g/mol. The van der Waals surface area contributed by atoms with Crippen molar-refractivity contribution in [1.29, 1.82) is 5.26 Å². The minimum Gasteiger partial charge on any atom is -0.489 e. The number of carbonyl (C=O) groups is 1. The van der Waals surface area contributed by atoms with Crippen molar-refractivity contribution in [2.24, 2.45) is 0 Å². The molecule has 3 aromatic carbocycles. The molecule has 0 N–H and O–H groups in total. The molecule has 1 fully saturated rings. The predicted octanol–water partition coefficient (Wildman–Crippen LogP) is 5.67. The van der Waals surface area contributed by atoms with Gasteiger partial charge in [0.05, 0.1) is 35.5 Å². The molecule has 3 aromatic rings. The zero-order valence-corrected chi connectivity index (χ0v) is 24.4. The maximum atomic E-state index is 13.3. The Morgan fingerprint density at radius 2 is 1.85 bits per heavy atom. The molecule has 0 saturated carbocycles. The molecule has 1 saturated heterocycles. The Labute approximate surface area is 246 Å². The Morgan fingerprint density at radius 3 is 2.54 bits per heavy atom. The summed E-state index contributed by atoms with van der Waals surface area (Å²) >= 11 is 6.59. The van der Waals surface area contributed by atoms with Crippen molar-refractivity contribution in [3.8, 4) is 11.8 Å². The van der Waals surface area contributed by atoms with Gasteiger partial charge in [0.1, 0.15) is 11.9 Å². The summed E-state index contributed by atoms with van der Waals surface area (Å²) in [6.45, 7) is 3.34. The molecule has 0 unspecified atom stereocenters. The van der Waals surface area contributed by atoms with E-state index >= 15 is 0 Å². The average Bonchev–Trinajstić information content (AvgIpc) is 2.97. The molecule has 214 valence electrons. The minimum atomic E-state index is -4.10. The zero-order valence-electron chi connectivity index (χ0n) is 22.8. The van der Waals surface area contributed by atoms with Gasteiger partial charge in [0.25, 0.3) is 0 Å². The van der Waals surface area contributed by atoms with Gasteiger partial charge in [0.2, 0.25) is 10.0 Å². The highest BCUT2D eigenvalue weighted by Gasteiger charge is 2.27. The van der Waals surface area contributed by atoms with Crippen molar-refractivity contribution in [1.82, 2.24) is 0 Å². The van der Waals surface area contributed by atoms with Crippen LogP contribution in [0.2, 0.25) is 5.02 Å². The molecule has 0 aromatic heterocycles. The molecule has 0 spiro atoms. The number of esters is 1. The Morgan fingerprint density at radius 1 is 1.10 bits per heavy atom. The van der Waals surface area contributed by atoms with Gasteiger partial charge in [-0.3, -0.25) is 9.10 Å². The van der Waals surface area contributed by atoms with Gasteiger partial charge in [-0.15, -0.1) is 0 Å². The molecule has 0 amide bonds. The van der Waals surface area contributed by atoms with Gasteiger partial charge in [-0.2, -0.15) is 5.26 Å². The van der Waals surface area contributed by atoms with E-state index in [9.17, 15) is 13.2 Å². The Bertz CT molecular complexity index is 1510. The standard InChI is InChI=1S/C31H32ClN3O5S/c1-2-39-31(36)23-41(37,38)35(17-7-10-24-8-6-9-25(20-24)22-33)27-13-14-30(29(32)21-27)40-28-15-18-34(19-16-28)26-11-4-3-5-12-26/h3-14,20-21,28H,2,15-19,23H2,1H3/b10-7+. The number of piperidine rings is 1. The quantitative estimate of drug-likeness (QED) is 0.264. The third kappa shape index (κ3) is 8.26. The van der Waals surface area contributed by atoms with Crippen molar-refractivity contribution in [2.45, 2.75) is 25.9 Å². The normalized spacial score (nSPS) is 14.0. The van der Waals surface area contributed by atoms with E-state index < -0.39 is 21.7 Å². The van der Waals surface area contributed by atoms with Crippen molar-refractivity contribution in [3.05, 3.63) is 95.0 Å². The summed E-state index contributed by atoms with van der Waals surface area (Å²) in [7, 11) is -4.10. The van der Waals surface area contributed by atoms with Crippen LogP contribution in [-0.2, 0) is 19.6 Å². The molecule has 0 radical (unpaired) electrons. The lowest BCUT2D eigenvalue weighted by atomic mass is 10.1. The van der Waals surface area contributed by atoms with Crippen LogP contribution in [-0.4, -0.2) is 52.5 Å². The summed E-state index contributed by atoms with van der Waals surface area (Å²) in [5.41, 5.74) is 2.71. The number of hydrogen-bond acceptors (Lipinski definition) is 7. The fraction of sp³-hybridized carbons (Fsp3) is 0.290. The van der Waals surface area contributed by atoms with E-state index in [4.69, 9.17) is 26.3 Å². The fourth-order valence-corrected chi connectivity index (χ4v) is 6.10. The number of halogens is 1. The van der Waals surface area contributed by atoms with E-state index in [1.54, 1.807) is 49.4 Å². The van der Waals surface area contributed by atoms with Crippen molar-refractivity contribution < 1.29 is 22.7 Å². The van der Waals surface area contributed by atoms with Crippen LogP contribution in [0.5, 0.6) is 5.75 Å². The van der Waals surface area contributed by atoms with Crippen LogP contribution in [0.15, 0.2) is 78.9 Å². The molecular formula is C31H32ClN3O5S. The van der Waals surface area contributed by atoms with Gasteiger partial charge in [-0.25, -0.2) is 8.42 Å². The van der Waals surface area contributed by atoms with Crippen molar-refractivity contribution >= 4 is 45.0 Å². The first kappa shape index (κ1) is 30.0. The molecule has 1 heterocycles. The van der Waals surface area contributed by atoms with E-state index in [1.807, 2.05) is 24.3 Å². The van der Waals surface area contributed by atoms with Crippen LogP contribution in [0.3, 0.4) is 0 Å². The number of ether oxygens (including phenoxy) is 2. The molecule has 8 nitrogen and oxygen atoms in total. The highest BCUT2D eigenvalue weighted by molar-refractivity contribution is 7.93. The topological polar surface area (TPSA) is 99.9 Å². The maximum absolute atomic E-state index is 13.3. The van der Waals surface area contributed by atoms with Crippen LogP contribution in [0, 0.1) is 11.3 Å².